The molecule has 4 heteroatoms. The second-order valence-corrected chi connectivity index (χ2v) is 11.5. The second-order valence-electron chi connectivity index (χ2n) is 11.0. The lowest BCUT2D eigenvalue weighted by Crippen LogP contribution is -2.00. The number of hydrogen-bond acceptors (Lipinski definition) is 3. The van der Waals surface area contributed by atoms with Crippen LogP contribution in [0.3, 0.4) is 0 Å². The summed E-state index contributed by atoms with van der Waals surface area (Å²) in [6.07, 6.45) is 0. The number of aromatic nitrogens is 3. The lowest BCUT2D eigenvalue weighted by Gasteiger charge is -2.13. The van der Waals surface area contributed by atoms with Crippen molar-refractivity contribution in [3.05, 3.63) is 163 Å². The maximum atomic E-state index is 6.79. The first-order valence-corrected chi connectivity index (χ1v) is 15.3. The highest BCUT2D eigenvalue weighted by molar-refractivity contribution is 6.31. The molecule has 0 unspecified atom stereocenters. The van der Waals surface area contributed by atoms with Gasteiger partial charge in [-0.1, -0.05) is 139 Å². The van der Waals surface area contributed by atoms with E-state index in [1.54, 1.807) is 0 Å². The van der Waals surface area contributed by atoms with Crippen molar-refractivity contribution >= 4 is 33.1 Å². The highest BCUT2D eigenvalue weighted by Crippen LogP contribution is 2.37. The summed E-state index contributed by atoms with van der Waals surface area (Å²) in [5, 5.41) is 5.58. The van der Waals surface area contributed by atoms with Gasteiger partial charge in [0.15, 0.2) is 17.5 Å². The molecule has 0 spiro atoms. The van der Waals surface area contributed by atoms with Gasteiger partial charge in [0.1, 0.15) is 0 Å². The molecule has 0 N–H and O–H groups in total. The van der Waals surface area contributed by atoms with Crippen LogP contribution in [0.2, 0.25) is 5.02 Å². The molecule has 8 rings (SSSR count). The van der Waals surface area contributed by atoms with Crippen LogP contribution in [0, 0.1) is 0 Å². The lowest BCUT2D eigenvalue weighted by molar-refractivity contribution is 1.07. The van der Waals surface area contributed by atoms with Crippen LogP contribution in [0.25, 0.3) is 78.0 Å². The van der Waals surface area contributed by atoms with Gasteiger partial charge in [0.2, 0.25) is 0 Å². The van der Waals surface area contributed by atoms with Crippen molar-refractivity contribution in [2.45, 2.75) is 0 Å². The first-order valence-electron chi connectivity index (χ1n) is 14.9. The topological polar surface area (TPSA) is 38.7 Å². The van der Waals surface area contributed by atoms with Crippen molar-refractivity contribution in [3.63, 3.8) is 0 Å². The zero-order valence-corrected chi connectivity index (χ0v) is 25.0. The molecule has 1 heterocycles. The van der Waals surface area contributed by atoms with Crippen LogP contribution in [-0.4, -0.2) is 15.0 Å². The third kappa shape index (κ3) is 5.24. The average Bonchev–Trinajstić information content (AvgIpc) is 3.11. The number of nitrogens with zero attached hydrogens (tertiary/aromatic N) is 3. The van der Waals surface area contributed by atoms with E-state index in [9.17, 15) is 0 Å². The molecule has 7 aromatic carbocycles. The molecule has 212 valence electrons. The van der Waals surface area contributed by atoms with E-state index < -0.39 is 0 Å². The quantitative estimate of drug-likeness (QED) is 0.186. The predicted octanol–water partition coefficient (Wildman–Crippen LogP) is 11.2. The average molecular weight is 596 g/mol. The van der Waals surface area contributed by atoms with Gasteiger partial charge in [-0.2, -0.15) is 0 Å². The highest BCUT2D eigenvalue weighted by atomic mass is 35.5. The van der Waals surface area contributed by atoms with Crippen molar-refractivity contribution in [1.82, 2.24) is 15.0 Å². The first kappa shape index (κ1) is 26.9. The SMILES string of the molecule is Clc1cc(-c2cccc(-c3cc4ccccc4c4ccccc34)c2)cc(-c2nc(-c3ccccc3)nc(-c3ccccc3)n2)c1. The van der Waals surface area contributed by atoms with Gasteiger partial charge in [-0.15, -0.1) is 0 Å². The molecule has 0 bridgehead atoms. The number of fused-ring (bicyclic) bond motifs is 3. The van der Waals surface area contributed by atoms with Crippen molar-refractivity contribution in [1.29, 1.82) is 0 Å². The van der Waals surface area contributed by atoms with Gasteiger partial charge in [0, 0.05) is 21.7 Å². The minimum atomic E-state index is 0.572. The van der Waals surface area contributed by atoms with Crippen LogP contribution in [0.1, 0.15) is 0 Å². The van der Waals surface area contributed by atoms with Gasteiger partial charge in [-0.25, -0.2) is 15.0 Å². The molecule has 0 atom stereocenters. The molecule has 8 aromatic rings. The van der Waals surface area contributed by atoms with Crippen molar-refractivity contribution in [2.24, 2.45) is 0 Å². The monoisotopic (exact) mass is 595 g/mol. The molecular formula is C41H26ClN3. The second kappa shape index (κ2) is 11.5. The first-order chi connectivity index (χ1) is 22.2. The fourth-order valence-electron chi connectivity index (χ4n) is 5.98. The van der Waals surface area contributed by atoms with Crippen LogP contribution < -0.4 is 0 Å². The third-order valence-electron chi connectivity index (χ3n) is 8.13. The Morgan fingerprint density at radius 3 is 1.51 bits per heavy atom. The summed E-state index contributed by atoms with van der Waals surface area (Å²) in [5.74, 6) is 1.81. The summed E-state index contributed by atoms with van der Waals surface area (Å²) in [6, 6.07) is 54.2. The van der Waals surface area contributed by atoms with Crippen LogP contribution in [-0.2, 0) is 0 Å². The smallest absolute Gasteiger partial charge is 0.164 e. The number of rotatable bonds is 5. The largest absolute Gasteiger partial charge is 0.208 e. The number of hydrogen-bond donors (Lipinski definition) is 0. The Kier molecular flexibility index (Phi) is 6.86. The van der Waals surface area contributed by atoms with Gasteiger partial charge in [0.25, 0.3) is 0 Å². The van der Waals surface area contributed by atoms with E-state index in [1.165, 1.54) is 27.1 Å². The molecule has 45 heavy (non-hydrogen) atoms. The van der Waals surface area contributed by atoms with E-state index >= 15 is 0 Å². The summed E-state index contributed by atoms with van der Waals surface area (Å²) in [6.45, 7) is 0. The molecule has 0 fully saturated rings. The van der Waals surface area contributed by atoms with Gasteiger partial charge < -0.3 is 0 Å². The molecule has 3 nitrogen and oxygen atoms in total. The number of halogens is 1. The third-order valence-corrected chi connectivity index (χ3v) is 8.35. The van der Waals surface area contributed by atoms with Crippen molar-refractivity contribution in [3.8, 4) is 56.4 Å². The van der Waals surface area contributed by atoms with E-state index in [0.717, 1.165) is 33.4 Å². The highest BCUT2D eigenvalue weighted by Gasteiger charge is 2.15. The maximum Gasteiger partial charge on any atom is 0.164 e. The lowest BCUT2D eigenvalue weighted by atomic mass is 9.91. The molecular weight excluding hydrogens is 570 g/mol. The van der Waals surface area contributed by atoms with Gasteiger partial charge in [-0.05, 0) is 74.1 Å². The molecule has 0 aliphatic heterocycles. The van der Waals surface area contributed by atoms with Gasteiger partial charge in [-0.3, -0.25) is 0 Å². The molecule has 0 amide bonds. The Balaban J connectivity index is 1.26. The van der Waals surface area contributed by atoms with E-state index in [2.05, 4.69) is 84.9 Å². The van der Waals surface area contributed by atoms with E-state index in [4.69, 9.17) is 26.6 Å². The fourth-order valence-corrected chi connectivity index (χ4v) is 6.22. The molecule has 0 aliphatic carbocycles. The summed E-state index contributed by atoms with van der Waals surface area (Å²) in [5.41, 5.74) is 7.09. The Morgan fingerprint density at radius 1 is 0.333 bits per heavy atom. The summed E-state index contributed by atoms with van der Waals surface area (Å²) in [4.78, 5) is 14.7. The molecule has 1 aromatic heterocycles. The van der Waals surface area contributed by atoms with Gasteiger partial charge in [0.05, 0.1) is 0 Å². The van der Waals surface area contributed by atoms with E-state index in [0.29, 0.717) is 22.5 Å². The maximum absolute atomic E-state index is 6.79. The standard InChI is InChI=1S/C41H26ClN3/c42-34-24-32(29-17-11-18-30(22-29)38-26-31-16-7-8-19-35(31)36-20-9-10-21-37(36)38)23-33(25-34)41-44-39(27-12-3-1-4-13-27)43-40(45-41)28-14-5-2-6-15-28/h1-26H. The van der Waals surface area contributed by atoms with Crippen LogP contribution in [0.4, 0.5) is 0 Å². The molecule has 0 saturated heterocycles. The van der Waals surface area contributed by atoms with Crippen LogP contribution >= 0.6 is 11.6 Å². The minimum Gasteiger partial charge on any atom is -0.208 e. The predicted molar refractivity (Wildman–Crippen MR) is 187 cm³/mol. The molecule has 0 aliphatic rings. The summed E-state index contributed by atoms with van der Waals surface area (Å²) in [7, 11) is 0. The van der Waals surface area contributed by atoms with Gasteiger partial charge >= 0.3 is 0 Å². The zero-order valence-electron chi connectivity index (χ0n) is 24.2. The fraction of sp³-hybridized carbons (Fsp3) is 0. The Morgan fingerprint density at radius 2 is 0.822 bits per heavy atom. The Hall–Kier alpha value is -5.64. The molecule has 0 saturated carbocycles. The van der Waals surface area contributed by atoms with E-state index in [-0.39, 0.29) is 0 Å². The number of benzene rings is 7. The summed E-state index contributed by atoms with van der Waals surface area (Å²) < 4.78 is 0. The minimum absolute atomic E-state index is 0.572. The molecule has 0 radical (unpaired) electrons. The summed E-state index contributed by atoms with van der Waals surface area (Å²) >= 11 is 6.79. The Bertz CT molecular complexity index is 2280. The van der Waals surface area contributed by atoms with E-state index in [1.807, 2.05) is 72.8 Å². The zero-order chi connectivity index (χ0) is 30.2. The van der Waals surface area contributed by atoms with Crippen molar-refractivity contribution < 1.29 is 0 Å². The van der Waals surface area contributed by atoms with Crippen LogP contribution in [0.5, 0.6) is 0 Å². The van der Waals surface area contributed by atoms with Crippen molar-refractivity contribution in [2.75, 3.05) is 0 Å². The Labute approximate surface area is 266 Å². The normalized spacial score (nSPS) is 11.2. The van der Waals surface area contributed by atoms with Crippen LogP contribution in [0.15, 0.2) is 158 Å².